The number of rotatable bonds is 3. The van der Waals surface area contributed by atoms with Gasteiger partial charge in [-0.15, -0.1) is 0 Å². The molecule has 86 valence electrons. The Hall–Kier alpha value is -0.870. The highest BCUT2D eigenvalue weighted by Crippen LogP contribution is 2.34. The minimum absolute atomic E-state index is 0.0221. The molecular weight excluding hydrogens is 270 g/mol. The number of aryl methyl sites for hydroxylation is 1. The van der Waals surface area contributed by atoms with Crippen molar-refractivity contribution in [1.29, 1.82) is 0 Å². The molecule has 1 aromatic carbocycles. The lowest BCUT2D eigenvalue weighted by atomic mass is 10.1. The first-order chi connectivity index (χ1) is 7.56. The van der Waals surface area contributed by atoms with Crippen molar-refractivity contribution in [2.45, 2.75) is 25.3 Å². The molecule has 3 nitrogen and oxygen atoms in total. The van der Waals surface area contributed by atoms with Gasteiger partial charge in [-0.2, -0.15) is 0 Å². The summed E-state index contributed by atoms with van der Waals surface area (Å²) in [5.74, 6) is -0.109. The van der Waals surface area contributed by atoms with Gasteiger partial charge in [-0.3, -0.25) is 4.79 Å². The van der Waals surface area contributed by atoms with Crippen LogP contribution < -0.4 is 5.32 Å². The highest BCUT2D eigenvalue weighted by molar-refractivity contribution is 9.10. The summed E-state index contributed by atoms with van der Waals surface area (Å²) in [6.45, 7) is 1.97. The average Bonchev–Trinajstić information content (AvgIpc) is 3.02. The molecule has 4 heteroatoms. The molecule has 1 fully saturated rings. The third-order valence-electron chi connectivity index (χ3n) is 2.96. The van der Waals surface area contributed by atoms with Gasteiger partial charge in [0, 0.05) is 10.0 Å². The second kappa shape index (κ2) is 4.18. The highest BCUT2D eigenvalue weighted by atomic mass is 79.9. The van der Waals surface area contributed by atoms with Gasteiger partial charge in [-0.05, 0) is 43.5 Å². The third kappa shape index (κ3) is 2.28. The summed E-state index contributed by atoms with van der Waals surface area (Å²) < 4.78 is 0.993. The fourth-order valence-electron chi connectivity index (χ4n) is 1.57. The summed E-state index contributed by atoms with van der Waals surface area (Å²) in [7, 11) is 0. The normalized spacial score (nSPS) is 16.9. The van der Waals surface area contributed by atoms with Gasteiger partial charge < -0.3 is 10.4 Å². The monoisotopic (exact) mass is 283 g/mol. The van der Waals surface area contributed by atoms with Crippen molar-refractivity contribution < 1.29 is 9.90 Å². The van der Waals surface area contributed by atoms with E-state index in [1.807, 2.05) is 19.1 Å². The number of halogens is 1. The van der Waals surface area contributed by atoms with E-state index < -0.39 is 0 Å². The van der Waals surface area contributed by atoms with Crippen LogP contribution in [0.2, 0.25) is 0 Å². The summed E-state index contributed by atoms with van der Waals surface area (Å²) in [5.41, 5.74) is 1.32. The van der Waals surface area contributed by atoms with Crippen molar-refractivity contribution >= 4 is 21.8 Å². The molecule has 1 aliphatic rings. The first-order valence-corrected chi connectivity index (χ1v) is 6.05. The fourth-order valence-corrected chi connectivity index (χ4v) is 1.82. The topological polar surface area (TPSA) is 49.3 Å². The van der Waals surface area contributed by atoms with E-state index in [2.05, 4.69) is 21.2 Å². The molecule has 0 atom stereocenters. The van der Waals surface area contributed by atoms with Gasteiger partial charge in [-0.1, -0.05) is 15.9 Å². The summed E-state index contributed by atoms with van der Waals surface area (Å²) in [6.07, 6.45) is 1.73. The van der Waals surface area contributed by atoms with Crippen LogP contribution in [0.25, 0.3) is 0 Å². The second-order valence-corrected chi connectivity index (χ2v) is 5.21. The zero-order valence-corrected chi connectivity index (χ0v) is 10.7. The van der Waals surface area contributed by atoms with Gasteiger partial charge in [0.1, 0.15) is 0 Å². The van der Waals surface area contributed by atoms with E-state index in [1.165, 1.54) is 0 Å². The maximum atomic E-state index is 11.9. The van der Waals surface area contributed by atoms with Crippen LogP contribution in [0.3, 0.4) is 0 Å². The minimum Gasteiger partial charge on any atom is -0.394 e. The van der Waals surface area contributed by atoms with Gasteiger partial charge in [0.25, 0.3) is 5.91 Å². The Morgan fingerprint density at radius 2 is 2.25 bits per heavy atom. The molecule has 0 aromatic heterocycles. The van der Waals surface area contributed by atoms with Gasteiger partial charge in [0.2, 0.25) is 0 Å². The summed E-state index contributed by atoms with van der Waals surface area (Å²) in [5, 5.41) is 12.0. The zero-order chi connectivity index (χ0) is 11.8. The molecule has 0 radical (unpaired) electrons. The van der Waals surface area contributed by atoms with Gasteiger partial charge in [0.05, 0.1) is 12.1 Å². The fraction of sp³-hybridized carbons (Fsp3) is 0.417. The first-order valence-electron chi connectivity index (χ1n) is 5.26. The molecule has 16 heavy (non-hydrogen) atoms. The molecule has 2 rings (SSSR count). The number of aliphatic hydroxyl groups is 1. The first kappa shape index (κ1) is 11.6. The Balaban J connectivity index is 2.12. The third-order valence-corrected chi connectivity index (χ3v) is 3.84. The van der Waals surface area contributed by atoms with E-state index in [0.717, 1.165) is 22.9 Å². The molecule has 0 heterocycles. The lowest BCUT2D eigenvalue weighted by Gasteiger charge is -2.14. The molecule has 0 aliphatic heterocycles. The van der Waals surface area contributed by atoms with Crippen LogP contribution in [-0.2, 0) is 0 Å². The lowest BCUT2D eigenvalue weighted by molar-refractivity contribution is 0.0906. The SMILES string of the molecule is Cc1cc(C(=O)NC2(CO)CC2)ccc1Br. The standard InChI is InChI=1S/C12H14BrNO2/c1-8-6-9(2-3-10(8)13)11(16)14-12(7-15)4-5-12/h2-3,6,15H,4-5,7H2,1H3,(H,14,16). The zero-order valence-electron chi connectivity index (χ0n) is 9.09. The van der Waals surface area contributed by atoms with Crippen LogP contribution in [0.1, 0.15) is 28.8 Å². The van der Waals surface area contributed by atoms with Gasteiger partial charge >= 0.3 is 0 Å². The van der Waals surface area contributed by atoms with E-state index in [-0.39, 0.29) is 18.1 Å². The molecule has 2 N–H and O–H groups in total. The Morgan fingerprint density at radius 1 is 1.56 bits per heavy atom. The predicted molar refractivity (Wildman–Crippen MR) is 65.4 cm³/mol. The van der Waals surface area contributed by atoms with E-state index in [9.17, 15) is 4.79 Å². The molecule has 0 saturated heterocycles. The van der Waals surface area contributed by atoms with Crippen molar-refractivity contribution in [2.75, 3.05) is 6.61 Å². The van der Waals surface area contributed by atoms with E-state index in [4.69, 9.17) is 5.11 Å². The molecule has 0 unspecified atom stereocenters. The Labute approximate surface area is 103 Å². The number of aliphatic hydroxyl groups excluding tert-OH is 1. The maximum absolute atomic E-state index is 11.9. The number of carbonyl (C=O) groups excluding carboxylic acids is 1. The molecular formula is C12H14BrNO2. The summed E-state index contributed by atoms with van der Waals surface area (Å²) in [4.78, 5) is 11.9. The van der Waals surface area contributed by atoms with Crippen molar-refractivity contribution in [3.05, 3.63) is 33.8 Å². The number of hydrogen-bond acceptors (Lipinski definition) is 2. The van der Waals surface area contributed by atoms with Crippen molar-refractivity contribution in [3.63, 3.8) is 0 Å². The Bertz CT molecular complexity index is 427. The largest absolute Gasteiger partial charge is 0.394 e. The number of carbonyl (C=O) groups is 1. The minimum atomic E-state index is -0.349. The molecule has 1 aromatic rings. The van der Waals surface area contributed by atoms with Crippen molar-refractivity contribution in [1.82, 2.24) is 5.32 Å². The molecule has 1 amide bonds. The van der Waals surface area contributed by atoms with Gasteiger partial charge in [-0.25, -0.2) is 0 Å². The average molecular weight is 284 g/mol. The molecule has 1 saturated carbocycles. The molecule has 0 bridgehead atoms. The quantitative estimate of drug-likeness (QED) is 0.892. The maximum Gasteiger partial charge on any atom is 0.251 e. The van der Waals surface area contributed by atoms with Crippen LogP contribution >= 0.6 is 15.9 Å². The van der Waals surface area contributed by atoms with Crippen LogP contribution in [0.4, 0.5) is 0 Å². The molecule has 1 aliphatic carbocycles. The van der Waals surface area contributed by atoms with Crippen LogP contribution in [0.5, 0.6) is 0 Å². The van der Waals surface area contributed by atoms with Crippen LogP contribution in [0.15, 0.2) is 22.7 Å². The number of benzene rings is 1. The van der Waals surface area contributed by atoms with Crippen LogP contribution in [0, 0.1) is 6.92 Å². The summed E-state index contributed by atoms with van der Waals surface area (Å²) in [6, 6.07) is 5.48. The summed E-state index contributed by atoms with van der Waals surface area (Å²) >= 11 is 3.39. The Kier molecular flexibility index (Phi) is 3.04. The van der Waals surface area contributed by atoms with Crippen LogP contribution in [-0.4, -0.2) is 23.2 Å². The van der Waals surface area contributed by atoms with E-state index in [0.29, 0.717) is 5.56 Å². The van der Waals surface area contributed by atoms with Crippen molar-refractivity contribution in [2.24, 2.45) is 0 Å². The Morgan fingerprint density at radius 3 is 2.75 bits per heavy atom. The number of hydrogen-bond donors (Lipinski definition) is 2. The smallest absolute Gasteiger partial charge is 0.251 e. The van der Waals surface area contributed by atoms with E-state index >= 15 is 0 Å². The number of nitrogens with one attached hydrogen (secondary N) is 1. The van der Waals surface area contributed by atoms with E-state index in [1.54, 1.807) is 6.07 Å². The predicted octanol–water partition coefficient (Wildman–Crippen LogP) is 2.01. The highest BCUT2D eigenvalue weighted by Gasteiger charge is 2.43. The van der Waals surface area contributed by atoms with Crippen molar-refractivity contribution in [3.8, 4) is 0 Å². The second-order valence-electron chi connectivity index (χ2n) is 4.36. The molecule has 0 spiro atoms. The lowest BCUT2D eigenvalue weighted by Crippen LogP contribution is -2.39. The number of amides is 1. The van der Waals surface area contributed by atoms with Gasteiger partial charge in [0.15, 0.2) is 0 Å².